The van der Waals surface area contributed by atoms with Crippen LogP contribution in [0.5, 0.6) is 0 Å². The molecule has 0 radical (unpaired) electrons. The van der Waals surface area contributed by atoms with Gasteiger partial charge in [0.05, 0.1) is 10.5 Å². The number of nitrogens with one attached hydrogen (secondary N) is 4. The summed E-state index contributed by atoms with van der Waals surface area (Å²) in [6.07, 6.45) is -2.22. The van der Waals surface area contributed by atoms with E-state index in [0.717, 1.165) is 29.5 Å². The molecule has 1 aromatic heterocycles. The molecule has 43 heavy (non-hydrogen) atoms. The second-order valence-corrected chi connectivity index (χ2v) is 13.2. The molecule has 0 atom stereocenters. The van der Waals surface area contributed by atoms with Gasteiger partial charge >= 0.3 is 6.18 Å². The zero-order valence-electron chi connectivity index (χ0n) is 21.6. The number of halogens is 3. The van der Waals surface area contributed by atoms with Gasteiger partial charge in [-0.1, -0.05) is 24.3 Å². The molecule has 10 nitrogen and oxygen atoms in total. The molecule has 0 aliphatic rings. The number of anilines is 2. The third kappa shape index (κ3) is 8.43. The highest BCUT2D eigenvalue weighted by atomic mass is 32.2. The Kier molecular flexibility index (Phi) is 9.22. The summed E-state index contributed by atoms with van der Waals surface area (Å²) in [7, 11) is -7.94. The van der Waals surface area contributed by atoms with Crippen LogP contribution >= 0.6 is 11.3 Å². The van der Waals surface area contributed by atoms with Crippen molar-refractivity contribution in [1.29, 1.82) is 0 Å². The molecule has 1 heterocycles. The number of benzene rings is 3. The molecule has 0 bridgehead atoms. The number of sulfonamides is 2. The highest BCUT2D eigenvalue weighted by Crippen LogP contribution is 2.31. The molecule has 0 fully saturated rings. The standard InChI is InChI=1S/C27H21F3N4O6S3/c28-27(29,30)20-3-1-4-22(17-20)34-42(37,38)23-13-6-18(7-14-23)8-15-24(35)31-32-26(36)19-9-11-21(12-10-19)33-43(39,40)25-5-2-16-41-25/h1-17,33-34H,(H,31,35)(H,32,36)/b15-8+. The fourth-order valence-corrected chi connectivity index (χ4v) is 6.55. The largest absolute Gasteiger partial charge is 0.416 e. The van der Waals surface area contributed by atoms with Crippen molar-refractivity contribution in [3.63, 3.8) is 0 Å². The summed E-state index contributed by atoms with van der Waals surface area (Å²) in [4.78, 5) is 24.2. The summed E-state index contributed by atoms with van der Waals surface area (Å²) in [5.41, 5.74) is 3.92. The highest BCUT2D eigenvalue weighted by molar-refractivity contribution is 7.94. The Morgan fingerprint density at radius 3 is 2.05 bits per heavy atom. The number of alkyl halides is 3. The molecular weight excluding hydrogens is 630 g/mol. The lowest BCUT2D eigenvalue weighted by molar-refractivity contribution is -0.137. The number of hydrogen-bond acceptors (Lipinski definition) is 7. The van der Waals surface area contributed by atoms with Gasteiger partial charge in [0.1, 0.15) is 4.21 Å². The first-order chi connectivity index (χ1) is 20.2. The summed E-state index contributed by atoms with van der Waals surface area (Å²) in [6, 6.07) is 17.5. The zero-order valence-corrected chi connectivity index (χ0v) is 24.1. The maximum absolute atomic E-state index is 12.9. The van der Waals surface area contributed by atoms with Gasteiger partial charge in [-0.05, 0) is 77.7 Å². The van der Waals surface area contributed by atoms with Crippen LogP contribution in [0.25, 0.3) is 6.08 Å². The number of amides is 2. The Morgan fingerprint density at radius 1 is 0.744 bits per heavy atom. The Balaban J connectivity index is 1.29. The normalized spacial score (nSPS) is 12.1. The minimum absolute atomic E-state index is 0.136. The third-order valence-electron chi connectivity index (χ3n) is 5.52. The second-order valence-electron chi connectivity index (χ2n) is 8.64. The van der Waals surface area contributed by atoms with Crippen molar-refractivity contribution in [2.24, 2.45) is 0 Å². The van der Waals surface area contributed by atoms with E-state index in [9.17, 15) is 39.6 Å². The fourth-order valence-electron chi connectivity index (χ4n) is 3.45. The van der Waals surface area contributed by atoms with E-state index < -0.39 is 43.6 Å². The van der Waals surface area contributed by atoms with Gasteiger partial charge in [0.15, 0.2) is 0 Å². The maximum atomic E-state index is 12.9. The summed E-state index contributed by atoms with van der Waals surface area (Å²) < 4.78 is 93.1. The van der Waals surface area contributed by atoms with E-state index in [0.29, 0.717) is 11.6 Å². The van der Waals surface area contributed by atoms with Crippen molar-refractivity contribution in [2.45, 2.75) is 15.3 Å². The molecule has 4 N–H and O–H groups in total. The molecule has 0 aliphatic carbocycles. The van der Waals surface area contributed by atoms with Crippen LogP contribution in [0.4, 0.5) is 24.5 Å². The number of rotatable bonds is 9. The molecule has 0 saturated carbocycles. The number of thiophene rings is 1. The van der Waals surface area contributed by atoms with E-state index in [1.54, 1.807) is 11.4 Å². The van der Waals surface area contributed by atoms with Crippen LogP contribution in [0.15, 0.2) is 105 Å². The monoisotopic (exact) mass is 650 g/mol. The van der Waals surface area contributed by atoms with Crippen LogP contribution < -0.4 is 20.3 Å². The van der Waals surface area contributed by atoms with Crippen molar-refractivity contribution >= 4 is 60.6 Å². The fraction of sp³-hybridized carbons (Fsp3) is 0.0370. The van der Waals surface area contributed by atoms with E-state index in [1.165, 1.54) is 66.7 Å². The van der Waals surface area contributed by atoms with Crippen LogP contribution in [0.3, 0.4) is 0 Å². The lowest BCUT2D eigenvalue weighted by Gasteiger charge is -2.11. The van der Waals surface area contributed by atoms with Crippen LogP contribution in [0.2, 0.25) is 0 Å². The zero-order chi connectivity index (χ0) is 31.3. The second kappa shape index (κ2) is 12.7. The quantitative estimate of drug-likeness (QED) is 0.150. The lowest BCUT2D eigenvalue weighted by Crippen LogP contribution is -2.40. The summed E-state index contributed by atoms with van der Waals surface area (Å²) in [6.45, 7) is 0. The van der Waals surface area contributed by atoms with Gasteiger partial charge in [-0.3, -0.25) is 29.9 Å². The first-order valence-corrected chi connectivity index (χ1v) is 15.8. The van der Waals surface area contributed by atoms with E-state index in [1.807, 2.05) is 0 Å². The molecule has 16 heteroatoms. The molecule has 224 valence electrons. The van der Waals surface area contributed by atoms with Crippen molar-refractivity contribution in [3.8, 4) is 0 Å². The van der Waals surface area contributed by atoms with Gasteiger partial charge in [0.25, 0.3) is 31.9 Å². The number of hydrazine groups is 1. The van der Waals surface area contributed by atoms with Gasteiger partial charge in [-0.2, -0.15) is 13.2 Å². The average Bonchev–Trinajstić information content (AvgIpc) is 3.51. The van der Waals surface area contributed by atoms with Crippen LogP contribution in [0.1, 0.15) is 21.5 Å². The Bertz CT molecular complexity index is 1860. The number of carbonyl (C=O) groups excluding carboxylic acids is 2. The molecule has 2 amide bonds. The molecule has 0 spiro atoms. The van der Waals surface area contributed by atoms with Gasteiger partial charge in [-0.25, -0.2) is 16.8 Å². The van der Waals surface area contributed by atoms with E-state index in [2.05, 4.69) is 20.3 Å². The number of hydrogen-bond donors (Lipinski definition) is 4. The van der Waals surface area contributed by atoms with Crippen LogP contribution in [0, 0.1) is 0 Å². The molecule has 0 unspecified atom stereocenters. The number of carbonyl (C=O) groups is 2. The van der Waals surface area contributed by atoms with E-state index >= 15 is 0 Å². The van der Waals surface area contributed by atoms with Crippen molar-refractivity contribution in [2.75, 3.05) is 9.44 Å². The van der Waals surface area contributed by atoms with Crippen LogP contribution in [-0.4, -0.2) is 28.6 Å². The predicted molar refractivity (Wildman–Crippen MR) is 155 cm³/mol. The van der Waals surface area contributed by atoms with Crippen molar-refractivity contribution in [3.05, 3.63) is 113 Å². The van der Waals surface area contributed by atoms with Crippen molar-refractivity contribution < 1.29 is 39.6 Å². The molecule has 4 aromatic rings. The molecular formula is C27H21F3N4O6S3. The third-order valence-corrected chi connectivity index (χ3v) is 9.69. The van der Waals surface area contributed by atoms with Gasteiger partial charge in [-0.15, -0.1) is 11.3 Å². The Labute approximate surface area is 248 Å². The highest BCUT2D eigenvalue weighted by Gasteiger charge is 2.30. The molecule has 0 aliphatic heterocycles. The average molecular weight is 651 g/mol. The SMILES string of the molecule is O=C(/C=C/c1ccc(S(=O)(=O)Nc2cccc(C(F)(F)F)c2)cc1)NNC(=O)c1ccc(NS(=O)(=O)c2cccs2)cc1. The Morgan fingerprint density at radius 2 is 1.42 bits per heavy atom. The molecule has 3 aromatic carbocycles. The Hall–Kier alpha value is -4.67. The smallest absolute Gasteiger partial charge is 0.280 e. The summed E-state index contributed by atoms with van der Waals surface area (Å²) >= 11 is 1.06. The van der Waals surface area contributed by atoms with E-state index in [4.69, 9.17) is 0 Å². The molecule has 0 saturated heterocycles. The maximum Gasteiger partial charge on any atom is 0.416 e. The first-order valence-electron chi connectivity index (χ1n) is 12.0. The van der Waals surface area contributed by atoms with Gasteiger partial charge in [0, 0.05) is 23.0 Å². The first kappa shape index (κ1) is 31.3. The van der Waals surface area contributed by atoms with Gasteiger partial charge in [0.2, 0.25) is 0 Å². The predicted octanol–water partition coefficient (Wildman–Crippen LogP) is 4.84. The minimum atomic E-state index is -4.63. The summed E-state index contributed by atoms with van der Waals surface area (Å²) in [5.74, 6) is -1.38. The van der Waals surface area contributed by atoms with Crippen molar-refractivity contribution in [1.82, 2.24) is 10.9 Å². The summed E-state index contributed by atoms with van der Waals surface area (Å²) in [5, 5.41) is 1.63. The minimum Gasteiger partial charge on any atom is -0.280 e. The van der Waals surface area contributed by atoms with Crippen LogP contribution in [-0.2, 0) is 31.0 Å². The molecule has 4 rings (SSSR count). The topological polar surface area (TPSA) is 151 Å². The van der Waals surface area contributed by atoms with E-state index in [-0.39, 0.29) is 26.0 Å². The van der Waals surface area contributed by atoms with Gasteiger partial charge < -0.3 is 0 Å². The lowest BCUT2D eigenvalue weighted by atomic mass is 10.2.